The Bertz CT molecular complexity index is 411. The number of ether oxygens (including phenoxy) is 1. The van der Waals surface area contributed by atoms with Gasteiger partial charge < -0.3 is 15.2 Å². The summed E-state index contributed by atoms with van der Waals surface area (Å²) in [6, 6.07) is 5.04. The number of aliphatic hydroxyl groups is 1. The molecule has 0 unspecified atom stereocenters. The van der Waals surface area contributed by atoms with Crippen LogP contribution >= 0.6 is 0 Å². The van der Waals surface area contributed by atoms with Crippen molar-refractivity contribution in [3.63, 3.8) is 0 Å². The molecule has 18 heavy (non-hydrogen) atoms. The van der Waals surface area contributed by atoms with E-state index in [2.05, 4.69) is 5.32 Å². The maximum absolute atomic E-state index is 13.2. The van der Waals surface area contributed by atoms with Crippen molar-refractivity contribution in [3.05, 3.63) is 29.6 Å². The topological polar surface area (TPSA) is 41.5 Å². The Morgan fingerprint density at radius 3 is 2.78 bits per heavy atom. The van der Waals surface area contributed by atoms with E-state index in [1.807, 2.05) is 0 Å². The number of halogens is 1. The lowest BCUT2D eigenvalue weighted by Crippen LogP contribution is -2.28. The van der Waals surface area contributed by atoms with Crippen LogP contribution in [0.5, 0.6) is 5.75 Å². The highest BCUT2D eigenvalue weighted by Crippen LogP contribution is 2.24. The summed E-state index contributed by atoms with van der Waals surface area (Å²) in [5.41, 5.74) is -0.0959. The lowest BCUT2D eigenvalue weighted by molar-refractivity contribution is 0.0281. The fourth-order valence-electron chi connectivity index (χ4n) is 1.62. The first-order valence-electron chi connectivity index (χ1n) is 6.31. The van der Waals surface area contributed by atoms with Gasteiger partial charge in [-0.2, -0.15) is 0 Å². The van der Waals surface area contributed by atoms with E-state index in [1.165, 1.54) is 25.0 Å². The minimum absolute atomic E-state index is 0.190. The Morgan fingerprint density at radius 1 is 1.44 bits per heavy atom. The fraction of sp³-hybridized carbons (Fsp3) is 0.571. The van der Waals surface area contributed by atoms with Crippen molar-refractivity contribution in [2.75, 3.05) is 6.61 Å². The third-order valence-electron chi connectivity index (χ3n) is 2.76. The smallest absolute Gasteiger partial charge is 0.124 e. The van der Waals surface area contributed by atoms with Gasteiger partial charge in [0.15, 0.2) is 0 Å². The van der Waals surface area contributed by atoms with E-state index in [0.29, 0.717) is 18.3 Å². The normalized spacial score (nSPS) is 15.8. The molecule has 2 rings (SSSR count). The molecule has 1 aliphatic rings. The highest BCUT2D eigenvalue weighted by Gasteiger charge is 2.21. The van der Waals surface area contributed by atoms with Crippen LogP contribution in [0.1, 0.15) is 32.3 Å². The maximum Gasteiger partial charge on any atom is 0.124 e. The van der Waals surface area contributed by atoms with Crippen molar-refractivity contribution in [1.29, 1.82) is 0 Å². The molecule has 1 aromatic rings. The Kier molecular flexibility index (Phi) is 3.88. The van der Waals surface area contributed by atoms with E-state index >= 15 is 0 Å². The molecule has 0 atom stereocenters. The molecule has 0 amide bonds. The number of nitrogens with one attached hydrogen (secondary N) is 1. The molecule has 2 N–H and O–H groups in total. The van der Waals surface area contributed by atoms with Gasteiger partial charge in [-0.1, -0.05) is 0 Å². The molecule has 1 aromatic carbocycles. The second-order valence-corrected chi connectivity index (χ2v) is 5.51. The quantitative estimate of drug-likeness (QED) is 0.817. The van der Waals surface area contributed by atoms with Crippen molar-refractivity contribution in [1.82, 2.24) is 5.32 Å². The largest absolute Gasteiger partial charge is 0.490 e. The monoisotopic (exact) mass is 253 g/mol. The molecule has 0 spiro atoms. The van der Waals surface area contributed by atoms with Gasteiger partial charge in [-0.25, -0.2) is 4.39 Å². The van der Waals surface area contributed by atoms with Crippen molar-refractivity contribution in [2.24, 2.45) is 0 Å². The van der Waals surface area contributed by atoms with Crippen molar-refractivity contribution >= 4 is 0 Å². The van der Waals surface area contributed by atoms with E-state index in [9.17, 15) is 9.50 Å². The van der Waals surface area contributed by atoms with Crippen LogP contribution in [0, 0.1) is 5.82 Å². The average Bonchev–Trinajstić information content (AvgIpc) is 3.07. The minimum atomic E-state index is -0.893. The highest BCUT2D eigenvalue weighted by atomic mass is 19.1. The number of rotatable bonds is 6. The first-order valence-corrected chi connectivity index (χ1v) is 6.31. The zero-order chi connectivity index (χ0) is 13.2. The van der Waals surface area contributed by atoms with Crippen molar-refractivity contribution in [3.8, 4) is 5.75 Å². The van der Waals surface area contributed by atoms with Gasteiger partial charge in [0.25, 0.3) is 0 Å². The summed E-state index contributed by atoms with van der Waals surface area (Å²) in [6.07, 6.45) is 2.38. The third-order valence-corrected chi connectivity index (χ3v) is 2.76. The van der Waals surface area contributed by atoms with Crippen LogP contribution in [-0.2, 0) is 6.54 Å². The van der Waals surface area contributed by atoms with Gasteiger partial charge in [0.1, 0.15) is 18.2 Å². The second kappa shape index (κ2) is 5.24. The SMILES string of the molecule is CC(C)(O)COc1ccc(F)cc1CNC1CC1. The highest BCUT2D eigenvalue weighted by molar-refractivity contribution is 5.34. The maximum atomic E-state index is 13.2. The summed E-state index contributed by atoms with van der Waals surface area (Å²) in [5.74, 6) is 0.366. The number of hydrogen-bond donors (Lipinski definition) is 2. The van der Waals surface area contributed by atoms with Crippen LogP contribution in [0.15, 0.2) is 18.2 Å². The molecule has 0 bridgehead atoms. The van der Waals surface area contributed by atoms with Crippen LogP contribution in [0.3, 0.4) is 0 Å². The van der Waals surface area contributed by atoms with Crippen molar-refractivity contribution in [2.45, 2.75) is 44.9 Å². The van der Waals surface area contributed by atoms with Gasteiger partial charge in [0.05, 0.1) is 5.60 Å². The third kappa shape index (κ3) is 4.27. The lowest BCUT2D eigenvalue weighted by atomic mass is 10.1. The van der Waals surface area contributed by atoms with Gasteiger partial charge in [0.2, 0.25) is 0 Å². The van der Waals surface area contributed by atoms with E-state index in [1.54, 1.807) is 19.9 Å². The Hall–Kier alpha value is -1.13. The molecular formula is C14H20FNO2. The Balaban J connectivity index is 2.01. The summed E-state index contributed by atoms with van der Waals surface area (Å²) in [6.45, 7) is 4.15. The molecule has 100 valence electrons. The Labute approximate surface area is 107 Å². The molecule has 0 radical (unpaired) electrons. The molecule has 1 aliphatic carbocycles. The summed E-state index contributed by atoms with van der Waals surface area (Å²) in [4.78, 5) is 0. The zero-order valence-electron chi connectivity index (χ0n) is 10.9. The van der Waals surface area contributed by atoms with Crippen LogP contribution in [0.2, 0.25) is 0 Å². The number of benzene rings is 1. The molecular weight excluding hydrogens is 233 g/mol. The summed E-state index contributed by atoms with van der Waals surface area (Å²) >= 11 is 0. The molecule has 0 saturated heterocycles. The predicted octanol–water partition coefficient (Wildman–Crippen LogP) is 2.23. The molecule has 3 nitrogen and oxygen atoms in total. The van der Waals surface area contributed by atoms with E-state index < -0.39 is 5.60 Å². The van der Waals surface area contributed by atoms with E-state index in [0.717, 1.165) is 5.56 Å². The molecule has 0 aliphatic heterocycles. The summed E-state index contributed by atoms with van der Waals surface area (Å²) in [7, 11) is 0. The first-order chi connectivity index (χ1) is 8.44. The summed E-state index contributed by atoms with van der Waals surface area (Å²) in [5, 5.41) is 13.0. The molecule has 4 heteroatoms. The average molecular weight is 253 g/mol. The van der Waals surface area contributed by atoms with E-state index in [-0.39, 0.29) is 12.4 Å². The van der Waals surface area contributed by atoms with Crippen LogP contribution in [0.25, 0.3) is 0 Å². The van der Waals surface area contributed by atoms with E-state index in [4.69, 9.17) is 4.74 Å². The standard InChI is InChI=1S/C14H20FNO2/c1-14(2,17)9-18-13-6-3-11(15)7-10(13)8-16-12-4-5-12/h3,6-7,12,16-17H,4-5,8-9H2,1-2H3. The second-order valence-electron chi connectivity index (χ2n) is 5.51. The predicted molar refractivity (Wildman–Crippen MR) is 68.1 cm³/mol. The van der Waals surface area contributed by atoms with Crippen LogP contribution < -0.4 is 10.1 Å². The summed E-state index contributed by atoms with van der Waals surface area (Å²) < 4.78 is 18.8. The minimum Gasteiger partial charge on any atom is -0.490 e. The molecule has 1 saturated carbocycles. The van der Waals surface area contributed by atoms with Crippen molar-refractivity contribution < 1.29 is 14.2 Å². The van der Waals surface area contributed by atoms with Gasteiger partial charge in [-0.3, -0.25) is 0 Å². The molecule has 0 aromatic heterocycles. The van der Waals surface area contributed by atoms with Gasteiger partial charge in [-0.05, 0) is 44.9 Å². The first kappa shape index (κ1) is 13.3. The van der Waals surface area contributed by atoms with Gasteiger partial charge in [-0.15, -0.1) is 0 Å². The van der Waals surface area contributed by atoms with Crippen LogP contribution in [-0.4, -0.2) is 23.4 Å². The Morgan fingerprint density at radius 2 is 2.17 bits per heavy atom. The lowest BCUT2D eigenvalue weighted by Gasteiger charge is -2.19. The molecule has 0 heterocycles. The molecule has 1 fully saturated rings. The van der Waals surface area contributed by atoms with Gasteiger partial charge >= 0.3 is 0 Å². The fourth-order valence-corrected chi connectivity index (χ4v) is 1.62. The van der Waals surface area contributed by atoms with Gasteiger partial charge in [0, 0.05) is 18.2 Å². The zero-order valence-corrected chi connectivity index (χ0v) is 10.9. The number of hydrogen-bond acceptors (Lipinski definition) is 3. The van der Waals surface area contributed by atoms with Crippen LogP contribution in [0.4, 0.5) is 4.39 Å².